The van der Waals surface area contributed by atoms with Gasteiger partial charge in [-0.05, 0) is 36.8 Å². The molecule has 0 saturated heterocycles. The minimum Gasteiger partial charge on any atom is -0.495 e. The maximum Gasteiger partial charge on any atom is 0.341 e. The number of methoxy groups -OCH3 is 1. The van der Waals surface area contributed by atoms with E-state index in [1.54, 1.807) is 54.6 Å². The number of sulfonamides is 1. The fourth-order valence-corrected chi connectivity index (χ4v) is 3.72. The van der Waals surface area contributed by atoms with Crippen molar-refractivity contribution in [3.05, 3.63) is 89.5 Å². The summed E-state index contributed by atoms with van der Waals surface area (Å²) < 4.78 is 36.5. The molecule has 1 unspecified atom stereocenters. The number of carbonyl (C=O) groups is 2. The quantitative estimate of drug-likeness (QED) is 0.485. The van der Waals surface area contributed by atoms with Crippen LogP contribution in [0.2, 0.25) is 0 Å². The highest BCUT2D eigenvalue weighted by Crippen LogP contribution is 2.29. The second kappa shape index (κ2) is 10.2. The summed E-state index contributed by atoms with van der Waals surface area (Å²) in [5.74, 6) is -0.997. The van der Waals surface area contributed by atoms with E-state index >= 15 is 0 Å². The van der Waals surface area contributed by atoms with Crippen molar-refractivity contribution >= 4 is 33.3 Å². The molecular weight excluding hydrogens is 444 g/mol. The van der Waals surface area contributed by atoms with Crippen LogP contribution in [-0.4, -0.2) is 33.7 Å². The normalized spacial score (nSPS) is 11.8. The third-order valence-electron chi connectivity index (χ3n) is 4.62. The summed E-state index contributed by atoms with van der Waals surface area (Å²) in [4.78, 5) is 26.2. The van der Waals surface area contributed by atoms with E-state index in [0.29, 0.717) is 17.0 Å². The topological polar surface area (TPSA) is 111 Å². The van der Waals surface area contributed by atoms with Gasteiger partial charge in [0.2, 0.25) is 16.1 Å². The van der Waals surface area contributed by atoms with Crippen molar-refractivity contribution < 1.29 is 27.5 Å². The van der Waals surface area contributed by atoms with Crippen molar-refractivity contribution in [1.82, 2.24) is 0 Å². The van der Waals surface area contributed by atoms with Crippen molar-refractivity contribution in [1.29, 1.82) is 0 Å². The number of anilines is 2. The summed E-state index contributed by atoms with van der Waals surface area (Å²) in [6.45, 7) is 1.87. The fourth-order valence-electron chi connectivity index (χ4n) is 3.14. The first-order valence-corrected chi connectivity index (χ1v) is 11.9. The van der Waals surface area contributed by atoms with Crippen LogP contribution in [0.5, 0.6) is 5.75 Å². The van der Waals surface area contributed by atoms with Crippen LogP contribution in [0.4, 0.5) is 11.4 Å². The largest absolute Gasteiger partial charge is 0.495 e. The van der Waals surface area contributed by atoms with Crippen molar-refractivity contribution in [2.45, 2.75) is 13.0 Å². The SMILES string of the molecule is COc1ccc(C)cc1NC(=O)C(OC(=O)c1ccccc1NS(C)(=O)=O)c1ccccc1. The molecule has 0 spiro atoms. The molecule has 33 heavy (non-hydrogen) atoms. The molecule has 0 aliphatic carbocycles. The number of para-hydroxylation sites is 1. The van der Waals surface area contributed by atoms with Crippen molar-refractivity contribution in [2.24, 2.45) is 0 Å². The van der Waals surface area contributed by atoms with Gasteiger partial charge in [0.15, 0.2) is 0 Å². The molecule has 0 aliphatic rings. The number of hydrogen-bond donors (Lipinski definition) is 2. The van der Waals surface area contributed by atoms with Crippen LogP contribution < -0.4 is 14.8 Å². The first-order chi connectivity index (χ1) is 15.7. The summed E-state index contributed by atoms with van der Waals surface area (Å²) in [5.41, 5.74) is 1.81. The Morgan fingerprint density at radius 2 is 1.58 bits per heavy atom. The molecule has 0 bridgehead atoms. The molecule has 3 aromatic rings. The second-order valence-electron chi connectivity index (χ2n) is 7.31. The predicted octanol–water partition coefficient (Wildman–Crippen LogP) is 3.91. The fraction of sp³-hybridized carbons (Fsp3) is 0.167. The lowest BCUT2D eigenvalue weighted by Gasteiger charge is -2.20. The minimum atomic E-state index is -3.63. The Bertz CT molecular complexity index is 1260. The molecule has 8 nitrogen and oxygen atoms in total. The van der Waals surface area contributed by atoms with Gasteiger partial charge in [0.1, 0.15) is 5.75 Å². The summed E-state index contributed by atoms with van der Waals surface area (Å²) in [5, 5.41) is 2.76. The third kappa shape index (κ3) is 6.33. The predicted molar refractivity (Wildman–Crippen MR) is 126 cm³/mol. The molecule has 3 rings (SSSR count). The first kappa shape index (κ1) is 23.8. The number of carbonyl (C=O) groups excluding carboxylic acids is 2. The van der Waals surface area contributed by atoms with Crippen molar-refractivity contribution in [3.63, 3.8) is 0 Å². The maximum atomic E-state index is 13.2. The number of amides is 1. The number of nitrogens with one attached hydrogen (secondary N) is 2. The summed E-state index contributed by atoms with van der Waals surface area (Å²) in [6.07, 6.45) is -0.319. The van der Waals surface area contributed by atoms with E-state index in [9.17, 15) is 18.0 Å². The van der Waals surface area contributed by atoms with Crippen LogP contribution in [0.1, 0.15) is 27.6 Å². The van der Waals surface area contributed by atoms with E-state index in [-0.39, 0.29) is 11.3 Å². The van der Waals surface area contributed by atoms with Crippen LogP contribution in [-0.2, 0) is 19.6 Å². The molecule has 3 aromatic carbocycles. The number of aryl methyl sites for hydroxylation is 1. The van der Waals surface area contributed by atoms with Gasteiger partial charge in [-0.15, -0.1) is 0 Å². The van der Waals surface area contributed by atoms with Gasteiger partial charge in [-0.1, -0.05) is 48.5 Å². The number of ether oxygens (including phenoxy) is 2. The molecule has 0 heterocycles. The lowest BCUT2D eigenvalue weighted by Crippen LogP contribution is -2.26. The second-order valence-corrected chi connectivity index (χ2v) is 9.06. The zero-order valence-corrected chi connectivity index (χ0v) is 19.2. The number of esters is 1. The van der Waals surface area contributed by atoms with Gasteiger partial charge in [-0.25, -0.2) is 13.2 Å². The molecule has 0 aromatic heterocycles. The van der Waals surface area contributed by atoms with E-state index in [1.807, 2.05) is 13.0 Å². The highest BCUT2D eigenvalue weighted by molar-refractivity contribution is 7.92. The van der Waals surface area contributed by atoms with Gasteiger partial charge in [-0.2, -0.15) is 0 Å². The molecule has 9 heteroatoms. The first-order valence-electron chi connectivity index (χ1n) is 9.96. The van der Waals surface area contributed by atoms with Gasteiger partial charge in [0, 0.05) is 5.56 Å². The summed E-state index contributed by atoms with van der Waals surface area (Å²) >= 11 is 0. The van der Waals surface area contributed by atoms with Crippen LogP contribution >= 0.6 is 0 Å². The van der Waals surface area contributed by atoms with Gasteiger partial charge in [0.25, 0.3) is 5.91 Å². The molecule has 0 radical (unpaired) electrons. The Morgan fingerprint density at radius 3 is 2.24 bits per heavy atom. The van der Waals surface area contributed by atoms with Gasteiger partial charge in [-0.3, -0.25) is 9.52 Å². The van der Waals surface area contributed by atoms with E-state index in [4.69, 9.17) is 9.47 Å². The summed E-state index contributed by atoms with van der Waals surface area (Å²) in [6, 6.07) is 19.8. The number of rotatable bonds is 8. The average molecular weight is 469 g/mol. The standard InChI is InChI=1S/C24H24N2O6S/c1-16-13-14-21(31-2)20(15-16)25-23(27)22(17-9-5-4-6-10-17)32-24(28)18-11-7-8-12-19(18)26-33(3,29)30/h4-15,22,26H,1-3H3,(H,25,27). The zero-order chi connectivity index (χ0) is 24.0. The average Bonchev–Trinajstić information content (AvgIpc) is 2.77. The molecule has 0 saturated carbocycles. The van der Waals surface area contributed by atoms with Gasteiger partial charge < -0.3 is 14.8 Å². The van der Waals surface area contributed by atoms with Crippen LogP contribution in [0, 0.1) is 6.92 Å². The monoisotopic (exact) mass is 468 g/mol. The molecule has 0 aliphatic heterocycles. The number of hydrogen-bond acceptors (Lipinski definition) is 6. The molecule has 0 fully saturated rings. The van der Waals surface area contributed by atoms with E-state index in [0.717, 1.165) is 11.8 Å². The lowest BCUT2D eigenvalue weighted by atomic mass is 10.1. The molecule has 172 valence electrons. The Kier molecular flexibility index (Phi) is 7.34. The Balaban J connectivity index is 1.93. The Labute approximate surface area is 192 Å². The molecular formula is C24H24N2O6S. The van der Waals surface area contributed by atoms with E-state index < -0.39 is 28.0 Å². The summed E-state index contributed by atoms with van der Waals surface area (Å²) in [7, 11) is -2.15. The Hall–Kier alpha value is -3.85. The van der Waals surface area contributed by atoms with Crippen molar-refractivity contribution in [3.8, 4) is 5.75 Å². The van der Waals surface area contributed by atoms with Crippen LogP contribution in [0.25, 0.3) is 0 Å². The van der Waals surface area contributed by atoms with E-state index in [2.05, 4.69) is 10.0 Å². The maximum absolute atomic E-state index is 13.2. The van der Waals surface area contributed by atoms with Crippen LogP contribution in [0.3, 0.4) is 0 Å². The minimum absolute atomic E-state index is 0.0233. The molecule has 2 N–H and O–H groups in total. The van der Waals surface area contributed by atoms with Crippen LogP contribution in [0.15, 0.2) is 72.8 Å². The lowest BCUT2D eigenvalue weighted by molar-refractivity contribution is -0.125. The van der Waals surface area contributed by atoms with Gasteiger partial charge >= 0.3 is 5.97 Å². The number of benzene rings is 3. The smallest absolute Gasteiger partial charge is 0.341 e. The third-order valence-corrected chi connectivity index (χ3v) is 5.21. The van der Waals surface area contributed by atoms with Gasteiger partial charge in [0.05, 0.1) is 30.3 Å². The van der Waals surface area contributed by atoms with E-state index in [1.165, 1.54) is 19.2 Å². The highest BCUT2D eigenvalue weighted by atomic mass is 32.2. The highest BCUT2D eigenvalue weighted by Gasteiger charge is 2.28. The molecule has 1 amide bonds. The molecule has 1 atom stereocenters. The van der Waals surface area contributed by atoms with Crippen molar-refractivity contribution in [2.75, 3.05) is 23.4 Å². The Morgan fingerprint density at radius 1 is 0.909 bits per heavy atom. The zero-order valence-electron chi connectivity index (χ0n) is 18.4.